The van der Waals surface area contributed by atoms with Crippen LogP contribution in [0.3, 0.4) is 0 Å². The van der Waals surface area contributed by atoms with E-state index >= 15 is 0 Å². The van der Waals surface area contributed by atoms with Gasteiger partial charge in [-0.15, -0.1) is 0 Å². The van der Waals surface area contributed by atoms with Crippen LogP contribution in [0, 0.1) is 0 Å². The molecule has 0 amide bonds. The average Bonchev–Trinajstić information content (AvgIpc) is 2.50. The maximum atomic E-state index is 9.23. The van der Waals surface area contributed by atoms with Crippen LogP contribution in [0.15, 0.2) is 19.0 Å². The van der Waals surface area contributed by atoms with E-state index in [4.69, 9.17) is 5.73 Å². The molecule has 0 aromatic carbocycles. The van der Waals surface area contributed by atoms with Crippen LogP contribution in [0.2, 0.25) is 0 Å². The normalized spacial score (nSPS) is 12.9. The Morgan fingerprint density at radius 3 is 3.09 bits per heavy atom. The maximum Gasteiger partial charge on any atom is 0.0942 e. The third kappa shape index (κ3) is 1.66. The molecular formula is C7H11N3O. The van der Waals surface area contributed by atoms with Crippen molar-refractivity contribution in [1.29, 1.82) is 0 Å². The van der Waals surface area contributed by atoms with Crippen molar-refractivity contribution in [3.63, 3.8) is 0 Å². The third-order valence-corrected chi connectivity index (χ3v) is 1.42. The van der Waals surface area contributed by atoms with E-state index in [1.807, 2.05) is 0 Å². The molecular weight excluding hydrogens is 142 g/mol. The molecule has 0 radical (unpaired) electrons. The first kappa shape index (κ1) is 7.97. The Bertz CT molecular complexity index is 244. The van der Waals surface area contributed by atoms with Crippen molar-refractivity contribution in [2.75, 3.05) is 6.54 Å². The van der Waals surface area contributed by atoms with Crippen molar-refractivity contribution in [1.82, 2.24) is 9.78 Å². The monoisotopic (exact) mass is 153 g/mol. The van der Waals surface area contributed by atoms with Crippen LogP contribution in [-0.2, 0) is 0 Å². The Morgan fingerprint density at radius 2 is 2.64 bits per heavy atom. The summed E-state index contributed by atoms with van der Waals surface area (Å²) in [5.41, 5.74) is 5.96. The van der Waals surface area contributed by atoms with Crippen molar-refractivity contribution in [3.8, 4) is 0 Å². The van der Waals surface area contributed by atoms with E-state index in [1.54, 1.807) is 18.6 Å². The SMILES string of the molecule is C=Cn1cc(C(O)CN)cn1. The van der Waals surface area contributed by atoms with Crippen molar-refractivity contribution in [2.24, 2.45) is 5.73 Å². The standard InChI is InChI=1S/C7H11N3O/c1-2-10-5-6(4-9-10)7(11)3-8/h2,4-5,7,11H,1,3,8H2. The van der Waals surface area contributed by atoms with Gasteiger partial charge in [-0.1, -0.05) is 6.58 Å². The van der Waals surface area contributed by atoms with Gasteiger partial charge in [0.2, 0.25) is 0 Å². The third-order valence-electron chi connectivity index (χ3n) is 1.42. The highest BCUT2D eigenvalue weighted by Gasteiger charge is 2.05. The highest BCUT2D eigenvalue weighted by Crippen LogP contribution is 2.08. The van der Waals surface area contributed by atoms with Crippen LogP contribution >= 0.6 is 0 Å². The van der Waals surface area contributed by atoms with Crippen LogP contribution in [0.5, 0.6) is 0 Å². The summed E-state index contributed by atoms with van der Waals surface area (Å²) in [4.78, 5) is 0. The summed E-state index contributed by atoms with van der Waals surface area (Å²) >= 11 is 0. The van der Waals surface area contributed by atoms with Crippen LogP contribution < -0.4 is 5.73 Å². The molecule has 0 bridgehead atoms. The molecule has 4 heteroatoms. The van der Waals surface area contributed by atoms with E-state index in [9.17, 15) is 5.11 Å². The number of aliphatic hydroxyl groups is 1. The molecule has 0 aliphatic rings. The van der Waals surface area contributed by atoms with Gasteiger partial charge in [0.15, 0.2) is 0 Å². The van der Waals surface area contributed by atoms with Gasteiger partial charge in [-0.3, -0.25) is 0 Å². The van der Waals surface area contributed by atoms with Crippen molar-refractivity contribution >= 4 is 6.20 Å². The number of nitrogens with zero attached hydrogens (tertiary/aromatic N) is 2. The highest BCUT2D eigenvalue weighted by atomic mass is 16.3. The van der Waals surface area contributed by atoms with Gasteiger partial charge in [0.25, 0.3) is 0 Å². The molecule has 1 aromatic rings. The molecule has 0 fully saturated rings. The topological polar surface area (TPSA) is 64.1 Å². The molecule has 0 saturated heterocycles. The fourth-order valence-electron chi connectivity index (χ4n) is 0.761. The van der Waals surface area contributed by atoms with Crippen molar-refractivity contribution in [2.45, 2.75) is 6.10 Å². The van der Waals surface area contributed by atoms with Gasteiger partial charge in [-0.2, -0.15) is 5.10 Å². The molecule has 60 valence electrons. The molecule has 1 atom stereocenters. The zero-order valence-electron chi connectivity index (χ0n) is 6.14. The molecule has 0 saturated carbocycles. The van der Waals surface area contributed by atoms with Crippen LogP contribution in [0.4, 0.5) is 0 Å². The van der Waals surface area contributed by atoms with Gasteiger partial charge in [0.05, 0.1) is 12.3 Å². The predicted octanol–water partition coefficient (Wildman–Crippen LogP) is -0.0243. The second-order valence-corrected chi connectivity index (χ2v) is 2.19. The lowest BCUT2D eigenvalue weighted by molar-refractivity contribution is 0.186. The van der Waals surface area contributed by atoms with E-state index in [-0.39, 0.29) is 6.54 Å². The van der Waals surface area contributed by atoms with E-state index in [0.29, 0.717) is 5.56 Å². The molecule has 1 rings (SSSR count). The second kappa shape index (κ2) is 3.32. The number of aliphatic hydroxyl groups excluding tert-OH is 1. The molecule has 0 spiro atoms. The Labute approximate surface area is 64.9 Å². The first-order valence-electron chi connectivity index (χ1n) is 3.32. The Kier molecular flexibility index (Phi) is 2.40. The van der Waals surface area contributed by atoms with Crippen molar-refractivity contribution < 1.29 is 5.11 Å². The molecule has 0 aliphatic carbocycles. The molecule has 0 aliphatic heterocycles. The van der Waals surface area contributed by atoms with Crippen LogP contribution in [0.1, 0.15) is 11.7 Å². The van der Waals surface area contributed by atoms with Crippen LogP contribution in [-0.4, -0.2) is 21.4 Å². The summed E-state index contributed by atoms with van der Waals surface area (Å²) in [7, 11) is 0. The lowest BCUT2D eigenvalue weighted by Crippen LogP contribution is -2.10. The number of rotatable bonds is 3. The summed E-state index contributed by atoms with van der Waals surface area (Å²) in [6.45, 7) is 3.73. The van der Waals surface area contributed by atoms with Gasteiger partial charge in [0.1, 0.15) is 0 Å². The maximum absolute atomic E-state index is 9.23. The molecule has 1 aromatic heterocycles. The van der Waals surface area contributed by atoms with E-state index in [2.05, 4.69) is 11.7 Å². The minimum Gasteiger partial charge on any atom is -0.387 e. The quantitative estimate of drug-likeness (QED) is 0.641. The van der Waals surface area contributed by atoms with Gasteiger partial charge in [-0.05, 0) is 0 Å². The smallest absolute Gasteiger partial charge is 0.0942 e. The van der Waals surface area contributed by atoms with Gasteiger partial charge in [-0.25, -0.2) is 4.68 Å². The van der Waals surface area contributed by atoms with E-state index < -0.39 is 6.10 Å². The number of aromatic nitrogens is 2. The van der Waals surface area contributed by atoms with Crippen molar-refractivity contribution in [3.05, 3.63) is 24.5 Å². The van der Waals surface area contributed by atoms with E-state index in [0.717, 1.165) is 0 Å². The fourth-order valence-corrected chi connectivity index (χ4v) is 0.761. The molecule has 4 nitrogen and oxygen atoms in total. The van der Waals surface area contributed by atoms with Gasteiger partial charge < -0.3 is 10.8 Å². The molecule has 1 heterocycles. The largest absolute Gasteiger partial charge is 0.387 e. The van der Waals surface area contributed by atoms with Gasteiger partial charge in [0, 0.05) is 24.5 Å². The summed E-state index contributed by atoms with van der Waals surface area (Å²) in [6, 6.07) is 0. The summed E-state index contributed by atoms with van der Waals surface area (Å²) in [6.07, 6.45) is 4.18. The number of hydrogen-bond donors (Lipinski definition) is 2. The first-order chi connectivity index (χ1) is 5.27. The second-order valence-electron chi connectivity index (χ2n) is 2.19. The van der Waals surface area contributed by atoms with Gasteiger partial charge >= 0.3 is 0 Å². The summed E-state index contributed by atoms with van der Waals surface area (Å²) in [5.74, 6) is 0. The lowest BCUT2D eigenvalue weighted by Gasteiger charge is -2.01. The highest BCUT2D eigenvalue weighted by molar-refractivity contribution is 5.19. The summed E-state index contributed by atoms with van der Waals surface area (Å²) < 4.78 is 1.52. The van der Waals surface area contributed by atoms with Crippen LogP contribution in [0.25, 0.3) is 6.20 Å². The Balaban J connectivity index is 2.79. The molecule has 11 heavy (non-hydrogen) atoms. The number of hydrogen-bond acceptors (Lipinski definition) is 3. The molecule has 3 N–H and O–H groups in total. The lowest BCUT2D eigenvalue weighted by atomic mass is 10.2. The summed E-state index contributed by atoms with van der Waals surface area (Å²) in [5, 5.41) is 13.1. The Hall–Kier alpha value is -1.13. The minimum absolute atomic E-state index is 0.211. The zero-order valence-corrected chi connectivity index (χ0v) is 6.14. The fraction of sp³-hybridized carbons (Fsp3) is 0.286. The number of nitrogens with two attached hydrogens (primary N) is 1. The van der Waals surface area contributed by atoms with E-state index in [1.165, 1.54) is 4.68 Å². The first-order valence-corrected chi connectivity index (χ1v) is 3.32. The minimum atomic E-state index is -0.622. The zero-order chi connectivity index (χ0) is 8.27. The Morgan fingerprint density at radius 1 is 1.91 bits per heavy atom. The average molecular weight is 153 g/mol. The molecule has 1 unspecified atom stereocenters. The predicted molar refractivity (Wildman–Crippen MR) is 42.6 cm³/mol.